The molecule has 0 unspecified atom stereocenters. The molecule has 23 heavy (non-hydrogen) atoms. The summed E-state index contributed by atoms with van der Waals surface area (Å²) < 4.78 is 6.42. The largest absolute Gasteiger partial charge is 0.465 e. The van der Waals surface area contributed by atoms with Gasteiger partial charge in [-0.15, -0.1) is 10.2 Å². The molecule has 0 atom stereocenters. The topological polar surface area (TPSA) is 85.6 Å². The van der Waals surface area contributed by atoms with Crippen LogP contribution in [0.15, 0.2) is 48.7 Å². The van der Waals surface area contributed by atoms with Gasteiger partial charge in [-0.25, -0.2) is 4.79 Å². The summed E-state index contributed by atoms with van der Waals surface area (Å²) in [7, 11) is 1.31. The molecule has 0 aliphatic heterocycles. The molecule has 1 amide bonds. The lowest BCUT2D eigenvalue weighted by molar-refractivity contribution is 0.0600. The summed E-state index contributed by atoms with van der Waals surface area (Å²) in [5, 5.41) is 10.8. The van der Waals surface area contributed by atoms with Crippen LogP contribution in [-0.2, 0) is 11.3 Å². The van der Waals surface area contributed by atoms with Crippen molar-refractivity contribution in [2.45, 2.75) is 6.54 Å². The van der Waals surface area contributed by atoms with Crippen molar-refractivity contribution in [3.05, 3.63) is 65.6 Å². The second-order valence-corrected chi connectivity index (χ2v) is 4.80. The lowest BCUT2D eigenvalue weighted by Crippen LogP contribution is -2.24. The number of esters is 1. The van der Waals surface area contributed by atoms with Gasteiger partial charge in [-0.2, -0.15) is 0 Å². The molecule has 7 heteroatoms. The summed E-state index contributed by atoms with van der Waals surface area (Å²) in [6.45, 7) is 0.253. The number of pyridine rings is 1. The van der Waals surface area contributed by atoms with E-state index < -0.39 is 5.97 Å². The Balaban J connectivity index is 1.68. The Morgan fingerprint density at radius 3 is 2.57 bits per heavy atom. The van der Waals surface area contributed by atoms with E-state index in [0.717, 1.165) is 5.65 Å². The van der Waals surface area contributed by atoms with E-state index in [2.05, 4.69) is 20.3 Å². The highest BCUT2D eigenvalue weighted by Crippen LogP contribution is 2.07. The number of aromatic nitrogens is 3. The standard InChI is InChI=1S/C16H14N4O3/c1-23-16(22)12-7-5-11(6-8-12)15(21)17-10-14-19-18-13-4-2-3-9-20(13)14/h2-9H,10H2,1H3,(H,17,21). The van der Waals surface area contributed by atoms with Crippen LogP contribution in [0.3, 0.4) is 0 Å². The molecule has 0 radical (unpaired) electrons. The molecule has 0 saturated carbocycles. The van der Waals surface area contributed by atoms with Gasteiger partial charge < -0.3 is 10.1 Å². The highest BCUT2D eigenvalue weighted by molar-refractivity contribution is 5.96. The first kappa shape index (κ1) is 14.7. The highest BCUT2D eigenvalue weighted by atomic mass is 16.5. The van der Waals surface area contributed by atoms with E-state index in [1.807, 2.05) is 24.4 Å². The van der Waals surface area contributed by atoms with Crippen molar-refractivity contribution in [1.82, 2.24) is 19.9 Å². The first-order valence-corrected chi connectivity index (χ1v) is 6.94. The van der Waals surface area contributed by atoms with Gasteiger partial charge in [0.05, 0.1) is 19.2 Å². The number of hydrogen-bond donors (Lipinski definition) is 1. The van der Waals surface area contributed by atoms with Gasteiger partial charge >= 0.3 is 5.97 Å². The van der Waals surface area contributed by atoms with Crippen LogP contribution in [0.25, 0.3) is 5.65 Å². The van der Waals surface area contributed by atoms with Gasteiger partial charge in [0.25, 0.3) is 5.91 Å². The number of methoxy groups -OCH3 is 1. The second-order valence-electron chi connectivity index (χ2n) is 4.80. The lowest BCUT2D eigenvalue weighted by Gasteiger charge is -2.05. The Labute approximate surface area is 131 Å². The summed E-state index contributed by atoms with van der Waals surface area (Å²) in [4.78, 5) is 23.5. The molecule has 0 aliphatic carbocycles. The number of carbonyl (C=O) groups excluding carboxylic acids is 2. The fraction of sp³-hybridized carbons (Fsp3) is 0.125. The number of rotatable bonds is 4. The Morgan fingerprint density at radius 1 is 1.09 bits per heavy atom. The zero-order valence-electron chi connectivity index (χ0n) is 12.4. The molecule has 0 fully saturated rings. The Morgan fingerprint density at radius 2 is 1.83 bits per heavy atom. The van der Waals surface area contributed by atoms with Crippen LogP contribution >= 0.6 is 0 Å². The maximum atomic E-state index is 12.1. The fourth-order valence-electron chi connectivity index (χ4n) is 2.15. The average molecular weight is 310 g/mol. The summed E-state index contributed by atoms with van der Waals surface area (Å²) in [6, 6.07) is 11.8. The zero-order chi connectivity index (χ0) is 16.2. The molecule has 0 spiro atoms. The summed E-state index contributed by atoms with van der Waals surface area (Å²) >= 11 is 0. The number of benzene rings is 1. The minimum absolute atomic E-state index is 0.253. The van der Waals surface area contributed by atoms with Crippen molar-refractivity contribution in [3.8, 4) is 0 Å². The maximum absolute atomic E-state index is 12.1. The summed E-state index contributed by atoms with van der Waals surface area (Å²) in [5.41, 5.74) is 1.57. The zero-order valence-corrected chi connectivity index (χ0v) is 12.4. The number of fused-ring (bicyclic) bond motifs is 1. The van der Waals surface area contributed by atoms with Crippen molar-refractivity contribution in [3.63, 3.8) is 0 Å². The minimum Gasteiger partial charge on any atom is -0.465 e. The molecule has 1 aromatic carbocycles. The van der Waals surface area contributed by atoms with Crippen LogP contribution in [-0.4, -0.2) is 33.6 Å². The van der Waals surface area contributed by atoms with Gasteiger partial charge in [0.15, 0.2) is 11.5 Å². The van der Waals surface area contributed by atoms with E-state index in [1.54, 1.807) is 28.7 Å². The molecule has 0 bridgehead atoms. The van der Waals surface area contributed by atoms with Gasteiger partial charge in [0.2, 0.25) is 0 Å². The summed E-state index contributed by atoms with van der Waals surface area (Å²) in [5.74, 6) is -0.0545. The van der Waals surface area contributed by atoms with Crippen LogP contribution in [0.5, 0.6) is 0 Å². The van der Waals surface area contributed by atoms with Crippen molar-refractivity contribution in [2.75, 3.05) is 7.11 Å². The van der Waals surface area contributed by atoms with Crippen LogP contribution in [0.2, 0.25) is 0 Å². The van der Waals surface area contributed by atoms with Gasteiger partial charge in [-0.05, 0) is 36.4 Å². The average Bonchev–Trinajstić information content (AvgIpc) is 3.02. The highest BCUT2D eigenvalue weighted by Gasteiger charge is 2.10. The first-order chi connectivity index (χ1) is 11.2. The van der Waals surface area contributed by atoms with E-state index >= 15 is 0 Å². The minimum atomic E-state index is -0.438. The number of ether oxygens (including phenoxy) is 1. The molecular formula is C16H14N4O3. The third-order valence-electron chi connectivity index (χ3n) is 3.36. The number of nitrogens with zero attached hydrogens (tertiary/aromatic N) is 3. The van der Waals surface area contributed by atoms with Crippen LogP contribution in [0, 0.1) is 0 Å². The van der Waals surface area contributed by atoms with E-state index in [0.29, 0.717) is 17.0 Å². The normalized spacial score (nSPS) is 10.5. The third-order valence-corrected chi connectivity index (χ3v) is 3.36. The van der Waals surface area contributed by atoms with Crippen LogP contribution in [0.1, 0.15) is 26.5 Å². The molecule has 2 aromatic heterocycles. The van der Waals surface area contributed by atoms with Crippen molar-refractivity contribution >= 4 is 17.5 Å². The molecule has 1 N–H and O–H groups in total. The number of hydrogen-bond acceptors (Lipinski definition) is 5. The SMILES string of the molecule is COC(=O)c1ccc(C(=O)NCc2nnc3ccccn23)cc1. The van der Waals surface area contributed by atoms with Crippen LogP contribution in [0.4, 0.5) is 0 Å². The van der Waals surface area contributed by atoms with Crippen molar-refractivity contribution in [2.24, 2.45) is 0 Å². The maximum Gasteiger partial charge on any atom is 0.337 e. The second kappa shape index (κ2) is 6.27. The van der Waals surface area contributed by atoms with Gasteiger partial charge in [0, 0.05) is 11.8 Å². The summed E-state index contributed by atoms with van der Waals surface area (Å²) in [6.07, 6.45) is 1.84. The van der Waals surface area contributed by atoms with Gasteiger partial charge in [0.1, 0.15) is 0 Å². The predicted molar refractivity (Wildman–Crippen MR) is 81.9 cm³/mol. The van der Waals surface area contributed by atoms with Gasteiger partial charge in [-0.1, -0.05) is 6.07 Å². The number of amides is 1. The van der Waals surface area contributed by atoms with E-state index in [4.69, 9.17) is 0 Å². The molecule has 3 aromatic rings. The predicted octanol–water partition coefficient (Wildman–Crippen LogP) is 1.45. The van der Waals surface area contributed by atoms with Gasteiger partial charge in [-0.3, -0.25) is 9.20 Å². The number of carbonyl (C=O) groups is 2. The molecule has 0 aliphatic rings. The quantitative estimate of drug-likeness (QED) is 0.737. The smallest absolute Gasteiger partial charge is 0.337 e. The first-order valence-electron chi connectivity index (χ1n) is 6.94. The Kier molecular flexibility index (Phi) is 4.01. The Hall–Kier alpha value is -3.22. The van der Waals surface area contributed by atoms with E-state index in [-0.39, 0.29) is 12.5 Å². The van der Waals surface area contributed by atoms with Crippen molar-refractivity contribution in [1.29, 1.82) is 0 Å². The number of nitrogens with one attached hydrogen (secondary N) is 1. The van der Waals surface area contributed by atoms with E-state index in [9.17, 15) is 9.59 Å². The fourth-order valence-corrected chi connectivity index (χ4v) is 2.15. The molecule has 7 nitrogen and oxygen atoms in total. The molecule has 0 saturated heterocycles. The molecule has 3 rings (SSSR count). The Bertz CT molecular complexity index is 855. The van der Waals surface area contributed by atoms with Crippen molar-refractivity contribution < 1.29 is 14.3 Å². The molecular weight excluding hydrogens is 296 g/mol. The van der Waals surface area contributed by atoms with Crippen LogP contribution < -0.4 is 5.32 Å². The molecule has 2 heterocycles. The lowest BCUT2D eigenvalue weighted by atomic mass is 10.1. The van der Waals surface area contributed by atoms with E-state index in [1.165, 1.54) is 7.11 Å². The monoisotopic (exact) mass is 310 g/mol. The third kappa shape index (κ3) is 3.03. The molecule has 116 valence electrons.